The summed E-state index contributed by atoms with van der Waals surface area (Å²) >= 11 is 0. The number of amides is 1. The van der Waals surface area contributed by atoms with Gasteiger partial charge in [-0.05, 0) is 98.1 Å². The monoisotopic (exact) mass is 892 g/mol. The van der Waals surface area contributed by atoms with Crippen molar-refractivity contribution in [2.45, 2.75) is 166 Å². The number of aliphatic hydroxyl groups excluding tert-OH is 5. The van der Waals surface area contributed by atoms with Gasteiger partial charge in [0, 0.05) is 14.0 Å². The van der Waals surface area contributed by atoms with E-state index in [4.69, 9.17) is 34.2 Å². The second-order valence-electron chi connectivity index (χ2n) is 19.6. The van der Waals surface area contributed by atoms with Crippen molar-refractivity contribution in [3.63, 3.8) is 0 Å². The first-order valence-corrected chi connectivity index (χ1v) is 21.9. The van der Waals surface area contributed by atoms with Gasteiger partial charge in [0.25, 0.3) is 0 Å². The van der Waals surface area contributed by atoms with Gasteiger partial charge in [0.15, 0.2) is 18.7 Å². The Balaban J connectivity index is 1.32. The van der Waals surface area contributed by atoms with Crippen molar-refractivity contribution in [3.05, 3.63) is 41.5 Å². The molecular formula is C45H68N2O16. The lowest BCUT2D eigenvalue weighted by molar-refractivity contribution is -0.358. The van der Waals surface area contributed by atoms with E-state index in [0.29, 0.717) is 12.8 Å². The van der Waals surface area contributed by atoms with Crippen LogP contribution in [0.2, 0.25) is 0 Å². The van der Waals surface area contributed by atoms with Crippen LogP contribution in [0.5, 0.6) is 5.75 Å². The molecule has 2 saturated carbocycles. The van der Waals surface area contributed by atoms with Crippen LogP contribution in [-0.2, 0) is 38.0 Å². The van der Waals surface area contributed by atoms with Crippen LogP contribution in [0, 0.1) is 34.0 Å². The number of carboxylic acid groups (broad SMARTS) is 1. The van der Waals surface area contributed by atoms with Crippen molar-refractivity contribution < 1.29 is 78.6 Å². The third-order valence-corrected chi connectivity index (χ3v) is 15.4. The van der Waals surface area contributed by atoms with E-state index in [1.807, 2.05) is 13.8 Å². The molecule has 2 aliphatic heterocycles. The van der Waals surface area contributed by atoms with Crippen molar-refractivity contribution in [2.24, 2.45) is 39.7 Å². The maximum Gasteiger partial charge on any atom is 0.338 e. The van der Waals surface area contributed by atoms with Gasteiger partial charge in [-0.3, -0.25) is 9.59 Å². The number of allylic oxidation sites excluding steroid dienone is 2. The van der Waals surface area contributed by atoms with Gasteiger partial charge in [-0.2, -0.15) is 0 Å². The number of ether oxygens (including phenoxy) is 6. The highest BCUT2D eigenvalue weighted by Crippen LogP contribution is 2.69. The number of nitrogens with two attached hydrogens (primary N) is 1. The summed E-state index contributed by atoms with van der Waals surface area (Å²) in [5.41, 5.74) is 5.77. The van der Waals surface area contributed by atoms with E-state index < -0.39 is 121 Å². The standard InChI is InChI=1S/C45H68N2O16/c1-20-12-13-30-44(6,25(20)17-26(58-8)31(46)39(55)56)15-14-29-43(4,5)38(54)27(18-45(29,30)7)60-42-35(53)37(36(21(2)59-42)62-40(57)23-10-9-11-24(50)16-23)63-41-32(47-22(3)49)34(52)33(51)28(19-48)61-41/h9-12,16,21,25-38,41-42,48,50-54H,13-15,17-19,46H2,1-8H3,(H,47,49)(H,55,56)/t21?,25-,26-,27-,28?,29+,30-,31-,32?,33?,34?,35?,36?,37?,38+,41?,42?,44-,45+/m0/s1. The lowest BCUT2D eigenvalue weighted by Gasteiger charge is -2.67. The van der Waals surface area contributed by atoms with E-state index in [0.717, 1.165) is 24.8 Å². The average molecular weight is 893 g/mol. The molecule has 0 bridgehead atoms. The SMILES string of the molecule is CO[C@@H](C[C@H]1C(C)=CC[C@@H]2[C@]3(C)C[C@H](OC4OC(C)C(OC(=O)c5cccc(O)c5)C(OC5OC(CO)C(O)C(O)C5NC(C)=O)C4O)[C@@H](O)C(C)(C)[C@H]3CC[C@]21C)[C@H](N)C(=O)O. The Kier molecular flexibility index (Phi) is 14.8. The number of aromatic hydroxyl groups is 1. The molecule has 6 rings (SSSR count). The molecule has 19 atom stereocenters. The van der Waals surface area contributed by atoms with Gasteiger partial charge in [0.2, 0.25) is 5.91 Å². The number of phenolic OH excluding ortho intramolecular Hbond substituents is 1. The first-order valence-electron chi connectivity index (χ1n) is 21.9. The Morgan fingerprint density at radius 3 is 2.29 bits per heavy atom. The third kappa shape index (κ3) is 9.28. The van der Waals surface area contributed by atoms with E-state index in [9.17, 15) is 50.1 Å². The summed E-state index contributed by atoms with van der Waals surface area (Å²) in [6.45, 7) is 12.6. The Hall–Kier alpha value is -3.27. The van der Waals surface area contributed by atoms with Crippen LogP contribution < -0.4 is 11.1 Å². The van der Waals surface area contributed by atoms with Gasteiger partial charge in [0.05, 0.1) is 36.6 Å². The molecule has 63 heavy (non-hydrogen) atoms. The molecule has 354 valence electrons. The molecular weight excluding hydrogens is 824 g/mol. The summed E-state index contributed by atoms with van der Waals surface area (Å²) in [4.78, 5) is 37.8. The Bertz CT molecular complexity index is 1850. The van der Waals surface area contributed by atoms with E-state index >= 15 is 0 Å². The minimum Gasteiger partial charge on any atom is -0.508 e. The number of esters is 1. The Morgan fingerprint density at radius 1 is 0.968 bits per heavy atom. The van der Waals surface area contributed by atoms with Crippen molar-refractivity contribution >= 4 is 17.8 Å². The van der Waals surface area contributed by atoms with Gasteiger partial charge in [-0.25, -0.2) is 4.79 Å². The molecule has 0 spiro atoms. The first kappa shape index (κ1) is 49.2. The van der Waals surface area contributed by atoms with Crippen LogP contribution in [0.3, 0.4) is 0 Å². The summed E-state index contributed by atoms with van der Waals surface area (Å²) in [7, 11) is 1.48. The fourth-order valence-electron chi connectivity index (χ4n) is 12.1. The molecule has 1 aromatic rings. The van der Waals surface area contributed by atoms with Gasteiger partial charge < -0.3 is 75.2 Å². The van der Waals surface area contributed by atoms with E-state index in [-0.39, 0.29) is 34.5 Å². The normalized spacial score (nSPS) is 42.1. The molecule has 5 aliphatic rings. The van der Waals surface area contributed by atoms with Crippen LogP contribution in [0.1, 0.15) is 90.9 Å². The molecule has 2 saturated heterocycles. The number of carboxylic acids is 1. The zero-order valence-corrected chi connectivity index (χ0v) is 37.3. The number of methoxy groups -OCH3 is 1. The van der Waals surface area contributed by atoms with Crippen LogP contribution >= 0.6 is 0 Å². The summed E-state index contributed by atoms with van der Waals surface area (Å²) in [5, 5.41) is 78.6. The highest BCUT2D eigenvalue weighted by atomic mass is 16.7. The minimum absolute atomic E-state index is 0.0231. The molecule has 4 fully saturated rings. The zero-order valence-electron chi connectivity index (χ0n) is 37.3. The highest BCUT2D eigenvalue weighted by Gasteiger charge is 2.65. The summed E-state index contributed by atoms with van der Waals surface area (Å²) in [6, 6.07) is 2.80. The average Bonchev–Trinajstić information content (AvgIpc) is 3.21. The predicted octanol–water partition coefficient (Wildman–Crippen LogP) is 1.35. The van der Waals surface area contributed by atoms with E-state index in [2.05, 4.69) is 32.2 Å². The van der Waals surface area contributed by atoms with E-state index in [1.54, 1.807) is 6.92 Å². The zero-order chi connectivity index (χ0) is 46.5. The quantitative estimate of drug-likeness (QED) is 0.0768. The van der Waals surface area contributed by atoms with Crippen LogP contribution in [0.25, 0.3) is 0 Å². The van der Waals surface area contributed by atoms with Crippen molar-refractivity contribution in [1.29, 1.82) is 0 Å². The number of carbonyl (C=O) groups is 3. The van der Waals surface area contributed by atoms with Crippen LogP contribution in [-0.4, -0.2) is 153 Å². The van der Waals surface area contributed by atoms with Crippen LogP contribution in [0.4, 0.5) is 0 Å². The number of phenols is 1. The number of nitrogens with one attached hydrogen (secondary N) is 1. The number of aliphatic carboxylic acids is 1. The summed E-state index contributed by atoms with van der Waals surface area (Å²) < 4.78 is 36.7. The number of hydrogen-bond donors (Lipinski definition) is 9. The molecule has 10 N–H and O–H groups in total. The fourth-order valence-corrected chi connectivity index (χ4v) is 12.1. The van der Waals surface area contributed by atoms with Crippen LogP contribution in [0.15, 0.2) is 35.9 Å². The molecule has 1 aromatic carbocycles. The molecule has 3 aliphatic carbocycles. The molecule has 10 unspecified atom stereocenters. The topological polar surface area (TPSA) is 286 Å². The van der Waals surface area contributed by atoms with E-state index in [1.165, 1.54) is 38.3 Å². The van der Waals surface area contributed by atoms with Gasteiger partial charge in [-0.1, -0.05) is 45.4 Å². The number of aliphatic hydroxyl groups is 5. The smallest absolute Gasteiger partial charge is 0.338 e. The second kappa shape index (κ2) is 18.9. The second-order valence-corrected chi connectivity index (χ2v) is 19.6. The Labute approximate surface area is 368 Å². The Morgan fingerprint density at radius 2 is 1.67 bits per heavy atom. The van der Waals surface area contributed by atoms with Gasteiger partial charge >= 0.3 is 11.9 Å². The maximum absolute atomic E-state index is 13.5. The maximum atomic E-state index is 13.5. The highest BCUT2D eigenvalue weighted by molar-refractivity contribution is 5.90. The molecule has 18 heteroatoms. The molecule has 2 heterocycles. The molecule has 0 radical (unpaired) electrons. The number of carbonyl (C=O) groups excluding carboxylic acids is 2. The lowest BCUT2D eigenvalue weighted by atomic mass is 9.39. The largest absolute Gasteiger partial charge is 0.508 e. The number of fused-ring (bicyclic) bond motifs is 3. The van der Waals surface area contributed by atoms with Crippen molar-refractivity contribution in [2.75, 3.05) is 13.7 Å². The van der Waals surface area contributed by atoms with Gasteiger partial charge in [0.1, 0.15) is 48.4 Å². The van der Waals surface area contributed by atoms with Gasteiger partial charge in [-0.15, -0.1) is 0 Å². The lowest BCUT2D eigenvalue weighted by Crippen LogP contribution is -2.68. The number of benzene rings is 1. The number of hydrogen-bond acceptors (Lipinski definition) is 16. The fraction of sp³-hybridized carbons (Fsp3) is 0.756. The van der Waals surface area contributed by atoms with Crippen molar-refractivity contribution in [1.82, 2.24) is 5.32 Å². The predicted molar refractivity (Wildman–Crippen MR) is 222 cm³/mol. The summed E-state index contributed by atoms with van der Waals surface area (Å²) in [5.74, 6) is -2.82. The number of rotatable bonds is 13. The molecule has 18 nitrogen and oxygen atoms in total. The molecule has 1 amide bonds. The third-order valence-electron chi connectivity index (χ3n) is 15.4. The first-order chi connectivity index (χ1) is 29.5. The minimum atomic E-state index is -1.77. The molecule has 0 aromatic heterocycles. The summed E-state index contributed by atoms with van der Waals surface area (Å²) in [6.07, 6.45) is -11.0. The van der Waals surface area contributed by atoms with Crippen molar-refractivity contribution in [3.8, 4) is 5.75 Å².